The third-order valence-corrected chi connectivity index (χ3v) is 2.76. The molecule has 1 aromatic heterocycles. The molecule has 82 valence electrons. The van der Waals surface area contributed by atoms with E-state index >= 15 is 0 Å². The number of aromatic nitrogens is 2. The Kier molecular flexibility index (Phi) is 3.16. The minimum absolute atomic E-state index is 0.0463. The third kappa shape index (κ3) is 2.37. The van der Waals surface area contributed by atoms with Gasteiger partial charge in [0.25, 0.3) is 0 Å². The Morgan fingerprint density at radius 3 is 2.94 bits per heavy atom. The summed E-state index contributed by atoms with van der Waals surface area (Å²) in [7, 11) is 0. The van der Waals surface area contributed by atoms with Crippen LogP contribution in [0.5, 0.6) is 5.75 Å². The lowest BCUT2D eigenvalue weighted by molar-refractivity contribution is 0.0729. The Morgan fingerprint density at radius 1 is 1.50 bits per heavy atom. The van der Waals surface area contributed by atoms with Gasteiger partial charge in [-0.1, -0.05) is 26.5 Å². The molecule has 7 heteroatoms. The molecule has 0 saturated heterocycles. The lowest BCUT2D eigenvalue weighted by atomic mass is 10.3. The Morgan fingerprint density at radius 2 is 2.31 bits per heavy atom. The molecule has 0 aliphatic rings. The van der Waals surface area contributed by atoms with Gasteiger partial charge < -0.3 is 10.5 Å². The summed E-state index contributed by atoms with van der Waals surface area (Å²) in [5.74, 6) is -0.184. The van der Waals surface area contributed by atoms with Crippen molar-refractivity contribution in [2.45, 2.75) is 0 Å². The highest BCUT2D eigenvalue weighted by Gasteiger charge is 2.16. The van der Waals surface area contributed by atoms with Crippen molar-refractivity contribution >= 4 is 38.4 Å². The molecule has 2 N–H and O–H groups in total. The van der Waals surface area contributed by atoms with Crippen LogP contribution in [0.25, 0.3) is 0 Å². The SMILES string of the molecule is Nc1snnc1C(=O)Oc1cccc(Br)c1. The average Bonchev–Trinajstić information content (AvgIpc) is 2.64. The lowest BCUT2D eigenvalue weighted by Crippen LogP contribution is -2.10. The molecular formula is C9H6BrN3O2S. The quantitative estimate of drug-likeness (QED) is 0.679. The number of anilines is 1. The topological polar surface area (TPSA) is 78.1 Å². The van der Waals surface area contributed by atoms with Crippen LogP contribution in [0.3, 0.4) is 0 Å². The van der Waals surface area contributed by atoms with Gasteiger partial charge in [0.05, 0.1) is 0 Å². The molecule has 1 aromatic carbocycles. The van der Waals surface area contributed by atoms with E-state index in [2.05, 4.69) is 25.5 Å². The van der Waals surface area contributed by atoms with Gasteiger partial charge in [-0.2, -0.15) is 0 Å². The van der Waals surface area contributed by atoms with Crippen molar-refractivity contribution in [3.63, 3.8) is 0 Å². The number of hydrogen-bond donors (Lipinski definition) is 1. The van der Waals surface area contributed by atoms with Crippen LogP contribution in [0.4, 0.5) is 5.00 Å². The Balaban J connectivity index is 2.17. The second-order valence-corrected chi connectivity index (χ2v) is 4.53. The average molecular weight is 300 g/mol. The first kappa shape index (κ1) is 11.0. The van der Waals surface area contributed by atoms with Crippen molar-refractivity contribution in [3.8, 4) is 5.75 Å². The summed E-state index contributed by atoms with van der Waals surface area (Å²) in [5.41, 5.74) is 5.55. The number of ether oxygens (including phenoxy) is 1. The molecule has 0 radical (unpaired) electrons. The largest absolute Gasteiger partial charge is 0.422 e. The van der Waals surface area contributed by atoms with Gasteiger partial charge >= 0.3 is 5.97 Å². The zero-order valence-electron chi connectivity index (χ0n) is 7.88. The number of benzene rings is 1. The minimum atomic E-state index is -0.607. The Hall–Kier alpha value is -1.47. The molecule has 0 bridgehead atoms. The van der Waals surface area contributed by atoms with Crippen molar-refractivity contribution in [1.82, 2.24) is 9.59 Å². The maximum atomic E-state index is 11.6. The van der Waals surface area contributed by atoms with Crippen LogP contribution < -0.4 is 10.5 Å². The molecule has 16 heavy (non-hydrogen) atoms. The van der Waals surface area contributed by atoms with Gasteiger partial charge in [-0.05, 0) is 18.2 Å². The van der Waals surface area contributed by atoms with Gasteiger partial charge in [0.15, 0.2) is 0 Å². The first-order chi connectivity index (χ1) is 7.66. The van der Waals surface area contributed by atoms with E-state index in [1.807, 2.05) is 6.07 Å². The highest BCUT2D eigenvalue weighted by molar-refractivity contribution is 9.10. The van der Waals surface area contributed by atoms with Crippen molar-refractivity contribution in [3.05, 3.63) is 34.4 Å². The van der Waals surface area contributed by atoms with E-state index in [9.17, 15) is 4.79 Å². The van der Waals surface area contributed by atoms with Crippen LogP contribution in [-0.2, 0) is 0 Å². The standard InChI is InChI=1S/C9H6BrN3O2S/c10-5-2-1-3-6(4-5)15-9(14)7-8(11)16-13-12-7/h1-4H,11H2. The van der Waals surface area contributed by atoms with E-state index in [-0.39, 0.29) is 10.7 Å². The smallest absolute Gasteiger partial charge is 0.367 e. The molecule has 0 fully saturated rings. The molecule has 0 saturated carbocycles. The maximum Gasteiger partial charge on any atom is 0.367 e. The molecule has 0 spiro atoms. The van der Waals surface area contributed by atoms with Crippen LogP contribution in [0.2, 0.25) is 0 Å². The predicted molar refractivity (Wildman–Crippen MR) is 63.4 cm³/mol. The van der Waals surface area contributed by atoms with Gasteiger partial charge in [0, 0.05) is 16.0 Å². The van der Waals surface area contributed by atoms with Gasteiger partial charge in [-0.15, -0.1) is 5.10 Å². The van der Waals surface area contributed by atoms with Crippen molar-refractivity contribution in [2.24, 2.45) is 0 Å². The summed E-state index contributed by atoms with van der Waals surface area (Å²) < 4.78 is 9.46. The van der Waals surface area contributed by atoms with Crippen LogP contribution in [0, 0.1) is 0 Å². The predicted octanol–water partition coefficient (Wildman–Crippen LogP) is 2.10. The first-order valence-electron chi connectivity index (χ1n) is 4.22. The fourth-order valence-corrected chi connectivity index (χ4v) is 1.82. The fraction of sp³-hybridized carbons (Fsp3) is 0. The van der Waals surface area contributed by atoms with E-state index in [0.29, 0.717) is 5.75 Å². The number of nitrogen functional groups attached to an aromatic ring is 1. The molecule has 5 nitrogen and oxygen atoms in total. The number of rotatable bonds is 2. The normalized spacial score (nSPS) is 10.1. The molecular weight excluding hydrogens is 294 g/mol. The first-order valence-corrected chi connectivity index (χ1v) is 5.79. The van der Waals surface area contributed by atoms with Gasteiger partial charge in [0.2, 0.25) is 5.69 Å². The molecule has 0 aliphatic heterocycles. The molecule has 0 atom stereocenters. The Bertz CT molecular complexity index is 529. The van der Waals surface area contributed by atoms with Crippen LogP contribution >= 0.6 is 27.5 Å². The van der Waals surface area contributed by atoms with E-state index in [0.717, 1.165) is 16.0 Å². The number of nitrogens with zero attached hydrogens (tertiary/aromatic N) is 2. The summed E-state index contributed by atoms with van der Waals surface area (Å²) in [6.07, 6.45) is 0. The van der Waals surface area contributed by atoms with Crippen LogP contribution in [0.15, 0.2) is 28.7 Å². The number of esters is 1. The zero-order valence-corrected chi connectivity index (χ0v) is 10.3. The molecule has 1 heterocycles. The third-order valence-electron chi connectivity index (χ3n) is 1.71. The summed E-state index contributed by atoms with van der Waals surface area (Å²) >= 11 is 4.23. The van der Waals surface area contributed by atoms with E-state index < -0.39 is 5.97 Å². The second kappa shape index (κ2) is 4.58. The summed E-state index contributed by atoms with van der Waals surface area (Å²) in [6.45, 7) is 0. The zero-order chi connectivity index (χ0) is 11.5. The van der Waals surface area contributed by atoms with Gasteiger partial charge in [-0.25, -0.2) is 4.79 Å². The van der Waals surface area contributed by atoms with E-state index in [1.165, 1.54) is 0 Å². The number of carbonyl (C=O) groups excluding carboxylic acids is 1. The van der Waals surface area contributed by atoms with Crippen LogP contribution in [-0.4, -0.2) is 15.6 Å². The monoisotopic (exact) mass is 299 g/mol. The lowest BCUT2D eigenvalue weighted by Gasteiger charge is -2.02. The van der Waals surface area contributed by atoms with Gasteiger partial charge in [0.1, 0.15) is 10.8 Å². The van der Waals surface area contributed by atoms with Crippen LogP contribution in [0.1, 0.15) is 10.5 Å². The molecule has 0 amide bonds. The molecule has 2 aromatic rings. The number of hydrogen-bond acceptors (Lipinski definition) is 6. The second-order valence-electron chi connectivity index (χ2n) is 2.83. The highest BCUT2D eigenvalue weighted by Crippen LogP contribution is 2.20. The summed E-state index contributed by atoms with van der Waals surface area (Å²) in [6, 6.07) is 6.93. The fourth-order valence-electron chi connectivity index (χ4n) is 1.03. The number of nitrogens with two attached hydrogens (primary N) is 1. The minimum Gasteiger partial charge on any atom is -0.422 e. The molecule has 2 rings (SSSR count). The summed E-state index contributed by atoms with van der Waals surface area (Å²) in [4.78, 5) is 11.6. The van der Waals surface area contributed by atoms with Crippen molar-refractivity contribution in [1.29, 1.82) is 0 Å². The highest BCUT2D eigenvalue weighted by atomic mass is 79.9. The van der Waals surface area contributed by atoms with Crippen molar-refractivity contribution < 1.29 is 9.53 Å². The van der Waals surface area contributed by atoms with E-state index in [4.69, 9.17) is 10.5 Å². The number of halogens is 1. The summed E-state index contributed by atoms with van der Waals surface area (Å²) in [5, 5.41) is 3.84. The molecule has 0 aliphatic carbocycles. The Labute approximate surface area is 104 Å². The molecule has 0 unspecified atom stereocenters. The van der Waals surface area contributed by atoms with E-state index in [1.54, 1.807) is 18.2 Å². The van der Waals surface area contributed by atoms with Gasteiger partial charge in [-0.3, -0.25) is 0 Å². The number of carbonyl (C=O) groups is 1. The van der Waals surface area contributed by atoms with Crippen molar-refractivity contribution in [2.75, 3.05) is 5.73 Å². The maximum absolute atomic E-state index is 11.6.